The minimum absolute atomic E-state index is 0.0972. The molecule has 2 N–H and O–H groups in total. The lowest BCUT2D eigenvalue weighted by Gasteiger charge is -2.33. The lowest BCUT2D eigenvalue weighted by atomic mass is 10.1. The molecule has 0 saturated carbocycles. The van der Waals surface area contributed by atoms with Gasteiger partial charge >= 0.3 is 11.9 Å². The highest BCUT2D eigenvalue weighted by atomic mass is 19.4. The maximum Gasteiger partial charge on any atom is 0.438 e. The first-order chi connectivity index (χ1) is 13.0. The van der Waals surface area contributed by atoms with Gasteiger partial charge in [0.25, 0.3) is 11.6 Å². The SMILES string of the molecule is C=C1CC(O)(C(F)(F)F)N(C(=O)c2ccc(Cn3cc([N+](=O)[O-])cn3)cc2)N1. The molecule has 12 heteroatoms. The second kappa shape index (κ2) is 6.64. The van der Waals surface area contributed by atoms with Crippen LogP contribution in [0.25, 0.3) is 0 Å². The Morgan fingerprint density at radius 1 is 1.39 bits per heavy atom. The fraction of sp³-hybridized carbons (Fsp3) is 0.250. The van der Waals surface area contributed by atoms with E-state index < -0.39 is 29.2 Å². The topological polar surface area (TPSA) is 114 Å². The van der Waals surface area contributed by atoms with Gasteiger partial charge in [-0.15, -0.1) is 0 Å². The molecule has 1 aliphatic rings. The van der Waals surface area contributed by atoms with Gasteiger partial charge in [0.2, 0.25) is 0 Å². The summed E-state index contributed by atoms with van der Waals surface area (Å²) in [5.74, 6) is -1.08. The minimum Gasteiger partial charge on any atom is -0.362 e. The van der Waals surface area contributed by atoms with Crippen LogP contribution in [-0.4, -0.2) is 42.6 Å². The Kier molecular flexibility index (Phi) is 4.59. The van der Waals surface area contributed by atoms with Crippen LogP contribution in [0.4, 0.5) is 18.9 Å². The van der Waals surface area contributed by atoms with Crippen LogP contribution < -0.4 is 5.43 Å². The fourth-order valence-corrected chi connectivity index (χ4v) is 2.71. The van der Waals surface area contributed by atoms with Gasteiger partial charge in [0.05, 0.1) is 11.5 Å². The first-order valence-corrected chi connectivity index (χ1v) is 7.85. The molecule has 3 rings (SSSR count). The number of aromatic nitrogens is 2. The number of nitrogens with one attached hydrogen (secondary N) is 1. The molecule has 1 aliphatic heterocycles. The summed E-state index contributed by atoms with van der Waals surface area (Å²) >= 11 is 0. The van der Waals surface area contributed by atoms with Crippen molar-refractivity contribution in [1.29, 1.82) is 0 Å². The number of carbonyl (C=O) groups is 1. The number of amides is 1. The number of nitro groups is 1. The largest absolute Gasteiger partial charge is 0.438 e. The summed E-state index contributed by atoms with van der Waals surface area (Å²) in [5.41, 5.74) is -1.05. The van der Waals surface area contributed by atoms with Crippen LogP contribution in [0, 0.1) is 10.1 Å². The number of hydrogen-bond acceptors (Lipinski definition) is 6. The molecule has 0 radical (unpaired) electrons. The zero-order valence-electron chi connectivity index (χ0n) is 14.2. The molecule has 1 saturated heterocycles. The average Bonchev–Trinajstić information content (AvgIpc) is 3.19. The van der Waals surface area contributed by atoms with E-state index in [-0.39, 0.29) is 28.5 Å². The number of aliphatic hydroxyl groups is 1. The van der Waals surface area contributed by atoms with E-state index in [1.54, 1.807) is 0 Å². The summed E-state index contributed by atoms with van der Waals surface area (Å²) in [6.45, 7) is 3.50. The standard InChI is InChI=1S/C16H14F3N5O4/c1-10-6-15(26,16(17,18)19)23(21-10)14(25)12-4-2-11(3-5-12)8-22-9-13(7-20-22)24(27)28/h2-5,7,9,21,26H,1,6,8H2. The third-order valence-corrected chi connectivity index (χ3v) is 4.13. The summed E-state index contributed by atoms with van der Waals surface area (Å²) in [7, 11) is 0. The van der Waals surface area contributed by atoms with Crippen molar-refractivity contribution in [1.82, 2.24) is 20.2 Å². The van der Waals surface area contributed by atoms with Crippen molar-refractivity contribution in [3.8, 4) is 0 Å². The van der Waals surface area contributed by atoms with Crippen molar-refractivity contribution in [3.63, 3.8) is 0 Å². The first-order valence-electron chi connectivity index (χ1n) is 7.85. The van der Waals surface area contributed by atoms with E-state index >= 15 is 0 Å². The number of halogens is 3. The fourth-order valence-electron chi connectivity index (χ4n) is 2.71. The molecule has 1 aromatic carbocycles. The molecule has 1 fully saturated rings. The zero-order valence-corrected chi connectivity index (χ0v) is 14.2. The Morgan fingerprint density at radius 2 is 2.04 bits per heavy atom. The number of hydrogen-bond donors (Lipinski definition) is 2. The summed E-state index contributed by atoms with van der Waals surface area (Å²) in [6.07, 6.45) is -3.65. The number of nitrogens with zero attached hydrogens (tertiary/aromatic N) is 4. The molecule has 0 bridgehead atoms. The third kappa shape index (κ3) is 3.41. The molecule has 28 heavy (non-hydrogen) atoms. The lowest BCUT2D eigenvalue weighted by Crippen LogP contribution is -2.59. The highest BCUT2D eigenvalue weighted by Gasteiger charge is 2.63. The number of carbonyl (C=O) groups excluding carboxylic acids is 1. The molecule has 2 aromatic rings. The Bertz CT molecular complexity index is 941. The average molecular weight is 397 g/mol. The van der Waals surface area contributed by atoms with Gasteiger partial charge in [-0.1, -0.05) is 18.7 Å². The van der Waals surface area contributed by atoms with E-state index in [9.17, 15) is 33.2 Å². The van der Waals surface area contributed by atoms with Gasteiger partial charge in [-0.3, -0.25) is 25.0 Å². The van der Waals surface area contributed by atoms with Crippen LogP contribution in [-0.2, 0) is 6.54 Å². The highest BCUT2D eigenvalue weighted by molar-refractivity contribution is 5.94. The molecule has 1 unspecified atom stereocenters. The zero-order chi connectivity index (χ0) is 20.7. The van der Waals surface area contributed by atoms with E-state index in [1.165, 1.54) is 35.1 Å². The lowest BCUT2D eigenvalue weighted by molar-refractivity contribution is -0.385. The molecule has 148 valence electrons. The van der Waals surface area contributed by atoms with Crippen LogP contribution in [0.3, 0.4) is 0 Å². The van der Waals surface area contributed by atoms with E-state index in [0.29, 0.717) is 5.56 Å². The van der Waals surface area contributed by atoms with Gasteiger partial charge in [0.15, 0.2) is 0 Å². The van der Waals surface area contributed by atoms with E-state index in [4.69, 9.17) is 0 Å². The summed E-state index contributed by atoms with van der Waals surface area (Å²) in [4.78, 5) is 22.5. The van der Waals surface area contributed by atoms with Crippen LogP contribution in [0.5, 0.6) is 0 Å². The van der Waals surface area contributed by atoms with Crippen molar-refractivity contribution < 1.29 is 28.0 Å². The van der Waals surface area contributed by atoms with Crippen LogP contribution in [0.1, 0.15) is 22.3 Å². The van der Waals surface area contributed by atoms with E-state index in [2.05, 4.69) is 17.1 Å². The van der Waals surface area contributed by atoms with Crippen molar-refractivity contribution in [3.05, 3.63) is 70.2 Å². The molecule has 2 heterocycles. The molecule has 0 aliphatic carbocycles. The Morgan fingerprint density at radius 3 is 2.57 bits per heavy atom. The van der Waals surface area contributed by atoms with Gasteiger partial charge in [-0.25, -0.2) is 5.01 Å². The Hall–Kier alpha value is -3.41. The molecule has 1 aromatic heterocycles. The normalized spacial score (nSPS) is 19.6. The quantitative estimate of drug-likeness (QED) is 0.602. The van der Waals surface area contributed by atoms with Gasteiger partial charge < -0.3 is 5.11 Å². The summed E-state index contributed by atoms with van der Waals surface area (Å²) < 4.78 is 41.0. The monoisotopic (exact) mass is 397 g/mol. The Labute approximate surface area is 155 Å². The number of alkyl halides is 3. The molecule has 0 spiro atoms. The molecular formula is C16H14F3N5O4. The van der Waals surface area contributed by atoms with Gasteiger partial charge in [0.1, 0.15) is 12.4 Å². The Balaban J connectivity index is 1.78. The van der Waals surface area contributed by atoms with E-state index in [0.717, 1.165) is 6.20 Å². The minimum atomic E-state index is -5.08. The summed E-state index contributed by atoms with van der Waals surface area (Å²) in [5, 5.41) is 24.6. The van der Waals surface area contributed by atoms with Gasteiger partial charge in [-0.2, -0.15) is 18.3 Å². The number of rotatable bonds is 4. The molecular weight excluding hydrogens is 383 g/mol. The first kappa shape index (κ1) is 19.4. The van der Waals surface area contributed by atoms with Crippen molar-refractivity contribution in [2.75, 3.05) is 0 Å². The summed E-state index contributed by atoms with van der Waals surface area (Å²) in [6, 6.07) is 5.51. The van der Waals surface area contributed by atoms with Gasteiger partial charge in [-0.05, 0) is 17.7 Å². The second-order valence-corrected chi connectivity index (χ2v) is 6.20. The predicted octanol–water partition coefficient (Wildman–Crippen LogP) is 1.95. The smallest absolute Gasteiger partial charge is 0.362 e. The number of hydrazine groups is 1. The maximum absolute atomic E-state index is 13.2. The molecule has 9 nitrogen and oxygen atoms in total. The van der Waals surface area contributed by atoms with Gasteiger partial charge in [0, 0.05) is 17.7 Å². The van der Waals surface area contributed by atoms with Crippen LogP contribution in [0.15, 0.2) is 48.9 Å². The van der Waals surface area contributed by atoms with Crippen LogP contribution in [0.2, 0.25) is 0 Å². The maximum atomic E-state index is 13.2. The highest BCUT2D eigenvalue weighted by Crippen LogP contribution is 2.41. The molecule has 1 atom stereocenters. The van der Waals surface area contributed by atoms with Crippen molar-refractivity contribution in [2.24, 2.45) is 0 Å². The second-order valence-electron chi connectivity index (χ2n) is 6.20. The van der Waals surface area contributed by atoms with Crippen LogP contribution >= 0.6 is 0 Å². The molecule has 1 amide bonds. The van der Waals surface area contributed by atoms with Crippen molar-refractivity contribution in [2.45, 2.75) is 24.9 Å². The number of benzene rings is 1. The van der Waals surface area contributed by atoms with Crippen molar-refractivity contribution >= 4 is 11.6 Å². The predicted molar refractivity (Wildman–Crippen MR) is 88.5 cm³/mol. The third-order valence-electron chi connectivity index (χ3n) is 4.13. The van der Waals surface area contributed by atoms with E-state index in [1.807, 2.05) is 0 Å².